The maximum atomic E-state index is 11.9. The number of methoxy groups -OCH3 is 2. The summed E-state index contributed by atoms with van der Waals surface area (Å²) in [6.07, 6.45) is 1.38. The second kappa shape index (κ2) is 7.36. The smallest absolute Gasteiger partial charge is 0.207 e. The Bertz CT molecular complexity index is 937. The third kappa shape index (κ3) is 3.64. The van der Waals surface area contributed by atoms with Gasteiger partial charge in [0.1, 0.15) is 18.0 Å². The Morgan fingerprint density at radius 1 is 1.12 bits per heavy atom. The van der Waals surface area contributed by atoms with Gasteiger partial charge in [0.2, 0.25) is 5.43 Å². The second-order valence-corrected chi connectivity index (χ2v) is 6.00. The monoisotopic (exact) mass is 340 g/mol. The molecule has 3 aromatic rings. The zero-order valence-electron chi connectivity index (χ0n) is 14.7. The van der Waals surface area contributed by atoms with E-state index in [1.165, 1.54) is 11.1 Å². The highest BCUT2D eigenvalue weighted by atomic mass is 16.5. The van der Waals surface area contributed by atoms with Crippen molar-refractivity contribution in [1.29, 1.82) is 0 Å². The number of nitrogens with one attached hydrogen (secondary N) is 1. The van der Waals surface area contributed by atoms with Crippen LogP contribution in [0.5, 0.6) is 11.5 Å². The summed E-state index contributed by atoms with van der Waals surface area (Å²) in [5.41, 5.74) is 1.88. The van der Waals surface area contributed by atoms with Crippen molar-refractivity contribution < 1.29 is 14.4 Å². The predicted molar refractivity (Wildman–Crippen MR) is 96.1 cm³/mol. The third-order valence-electron chi connectivity index (χ3n) is 4.17. The van der Waals surface area contributed by atoms with Crippen LogP contribution in [0.3, 0.4) is 0 Å². The van der Waals surface area contributed by atoms with Crippen LogP contribution >= 0.6 is 0 Å². The largest absolute Gasteiger partial charge is 0.497 e. The highest BCUT2D eigenvalue weighted by Gasteiger charge is 2.12. The molecule has 130 valence electrons. The van der Waals surface area contributed by atoms with Gasteiger partial charge in [-0.25, -0.2) is 4.68 Å². The molecule has 1 atom stereocenters. The molecule has 0 spiro atoms. The number of hydrogen-bond donors (Lipinski definition) is 1. The minimum atomic E-state index is -0.0543. The molecule has 1 heterocycles. The molecule has 0 aliphatic heterocycles. The molecular formula is C19H22N3O3+. The molecule has 0 saturated carbocycles. The van der Waals surface area contributed by atoms with Crippen molar-refractivity contribution in [2.45, 2.75) is 13.2 Å². The maximum Gasteiger partial charge on any atom is 0.207 e. The Balaban J connectivity index is 1.83. The zero-order chi connectivity index (χ0) is 17.8. The number of rotatable bonds is 6. The van der Waals surface area contributed by atoms with Crippen LogP contribution in [-0.2, 0) is 13.2 Å². The lowest BCUT2D eigenvalue weighted by molar-refractivity contribution is -0.917. The van der Waals surface area contributed by atoms with Crippen molar-refractivity contribution in [3.8, 4) is 11.5 Å². The van der Waals surface area contributed by atoms with E-state index in [9.17, 15) is 4.79 Å². The van der Waals surface area contributed by atoms with Crippen LogP contribution in [0.1, 0.15) is 5.56 Å². The van der Waals surface area contributed by atoms with E-state index in [0.717, 1.165) is 29.1 Å². The standard InChI is InChI=1S/C19H21N3O3/c1-21(12-14-8-9-15(24-2)10-19(14)25-3)13-22-17-7-5-4-6-16(17)18(23)11-20-22/h4-11H,12-13H2,1-3H3/p+1. The lowest BCUT2D eigenvalue weighted by Gasteiger charge is -2.18. The molecule has 6 heteroatoms. The number of ether oxygens (including phenoxy) is 2. The van der Waals surface area contributed by atoms with Gasteiger partial charge < -0.3 is 14.4 Å². The molecule has 0 fully saturated rings. The maximum absolute atomic E-state index is 11.9. The molecule has 0 saturated heterocycles. The van der Waals surface area contributed by atoms with Crippen LogP contribution in [0, 0.1) is 0 Å². The van der Waals surface area contributed by atoms with E-state index in [1.54, 1.807) is 14.2 Å². The first-order valence-electron chi connectivity index (χ1n) is 8.09. The van der Waals surface area contributed by atoms with Gasteiger partial charge in [0.15, 0.2) is 6.67 Å². The Hall–Kier alpha value is -2.86. The Labute approximate surface area is 146 Å². The molecule has 0 bridgehead atoms. The van der Waals surface area contributed by atoms with Crippen molar-refractivity contribution in [2.75, 3.05) is 21.3 Å². The molecule has 1 unspecified atom stereocenters. The van der Waals surface area contributed by atoms with Gasteiger partial charge in [0.05, 0.1) is 33.0 Å². The van der Waals surface area contributed by atoms with E-state index >= 15 is 0 Å². The molecule has 2 aromatic carbocycles. The average molecular weight is 340 g/mol. The summed E-state index contributed by atoms with van der Waals surface area (Å²) in [5.74, 6) is 1.57. The second-order valence-electron chi connectivity index (χ2n) is 6.00. The van der Waals surface area contributed by atoms with E-state index in [2.05, 4.69) is 12.1 Å². The molecule has 0 radical (unpaired) electrons. The van der Waals surface area contributed by atoms with Crippen LogP contribution in [-0.4, -0.2) is 31.0 Å². The van der Waals surface area contributed by atoms with Crippen molar-refractivity contribution >= 4 is 10.9 Å². The summed E-state index contributed by atoms with van der Waals surface area (Å²) in [4.78, 5) is 13.2. The fourth-order valence-electron chi connectivity index (χ4n) is 2.92. The summed E-state index contributed by atoms with van der Waals surface area (Å²) in [7, 11) is 5.38. The van der Waals surface area contributed by atoms with E-state index in [0.29, 0.717) is 12.1 Å². The fraction of sp³-hybridized carbons (Fsp3) is 0.263. The van der Waals surface area contributed by atoms with E-state index in [1.807, 2.05) is 47.1 Å². The van der Waals surface area contributed by atoms with Crippen molar-refractivity contribution in [1.82, 2.24) is 9.78 Å². The summed E-state index contributed by atoms with van der Waals surface area (Å²) in [6.45, 7) is 1.39. The third-order valence-corrected chi connectivity index (χ3v) is 4.17. The van der Waals surface area contributed by atoms with Crippen LogP contribution in [0.15, 0.2) is 53.5 Å². The van der Waals surface area contributed by atoms with Crippen LogP contribution < -0.4 is 19.8 Å². The van der Waals surface area contributed by atoms with Crippen molar-refractivity contribution in [3.05, 3.63) is 64.4 Å². The van der Waals surface area contributed by atoms with Crippen molar-refractivity contribution in [2.24, 2.45) is 0 Å². The number of hydrogen-bond acceptors (Lipinski definition) is 4. The van der Waals surface area contributed by atoms with E-state index in [-0.39, 0.29) is 5.43 Å². The fourth-order valence-corrected chi connectivity index (χ4v) is 2.92. The molecular weight excluding hydrogens is 318 g/mol. The molecule has 25 heavy (non-hydrogen) atoms. The summed E-state index contributed by atoms with van der Waals surface area (Å²) < 4.78 is 12.6. The summed E-state index contributed by atoms with van der Waals surface area (Å²) in [5, 5.41) is 4.98. The molecule has 0 aliphatic carbocycles. The Morgan fingerprint density at radius 2 is 1.92 bits per heavy atom. The highest BCUT2D eigenvalue weighted by molar-refractivity contribution is 5.77. The first kappa shape index (κ1) is 17.0. The van der Waals surface area contributed by atoms with Gasteiger partial charge in [-0.15, -0.1) is 0 Å². The highest BCUT2D eigenvalue weighted by Crippen LogP contribution is 2.23. The normalized spacial score (nSPS) is 12.1. The number of fused-ring (bicyclic) bond motifs is 1. The van der Waals surface area contributed by atoms with Gasteiger partial charge in [-0.1, -0.05) is 12.1 Å². The number of benzene rings is 2. The summed E-state index contributed by atoms with van der Waals surface area (Å²) >= 11 is 0. The first-order valence-corrected chi connectivity index (χ1v) is 8.09. The van der Waals surface area contributed by atoms with E-state index in [4.69, 9.17) is 9.47 Å². The molecule has 0 amide bonds. The lowest BCUT2D eigenvalue weighted by Crippen LogP contribution is -3.07. The van der Waals surface area contributed by atoms with Crippen LogP contribution in [0.25, 0.3) is 10.9 Å². The lowest BCUT2D eigenvalue weighted by atomic mass is 10.2. The Morgan fingerprint density at radius 3 is 2.68 bits per heavy atom. The van der Waals surface area contributed by atoms with Gasteiger partial charge in [-0.05, 0) is 24.3 Å². The molecule has 6 nitrogen and oxygen atoms in total. The molecule has 1 N–H and O–H groups in total. The first-order chi connectivity index (χ1) is 12.1. The quantitative estimate of drug-likeness (QED) is 0.730. The average Bonchev–Trinajstić information content (AvgIpc) is 2.64. The number of quaternary nitrogens is 1. The van der Waals surface area contributed by atoms with Crippen LogP contribution in [0.2, 0.25) is 0 Å². The number of aromatic nitrogens is 2. The Kier molecular flexibility index (Phi) is 5.00. The van der Waals surface area contributed by atoms with Gasteiger partial charge in [-0.2, -0.15) is 5.10 Å². The molecule has 0 aliphatic rings. The van der Waals surface area contributed by atoms with Gasteiger partial charge >= 0.3 is 0 Å². The van der Waals surface area contributed by atoms with Gasteiger partial charge in [0.25, 0.3) is 0 Å². The van der Waals surface area contributed by atoms with Gasteiger partial charge in [-0.3, -0.25) is 4.79 Å². The molecule has 1 aromatic heterocycles. The SMILES string of the molecule is COc1ccc(C[NH+](C)Cn2ncc(=O)c3ccccc32)c(OC)c1. The molecule has 3 rings (SSSR count). The minimum absolute atomic E-state index is 0.0543. The topological polar surface area (TPSA) is 57.8 Å². The minimum Gasteiger partial charge on any atom is -0.497 e. The van der Waals surface area contributed by atoms with E-state index < -0.39 is 0 Å². The van der Waals surface area contributed by atoms with Crippen LogP contribution in [0.4, 0.5) is 0 Å². The number of nitrogens with zero attached hydrogens (tertiary/aromatic N) is 2. The predicted octanol–water partition coefficient (Wildman–Crippen LogP) is 1.09. The summed E-state index contributed by atoms with van der Waals surface area (Å²) in [6, 6.07) is 13.4. The van der Waals surface area contributed by atoms with Crippen molar-refractivity contribution in [3.63, 3.8) is 0 Å². The zero-order valence-corrected chi connectivity index (χ0v) is 14.7. The number of para-hydroxylation sites is 1. The van der Waals surface area contributed by atoms with Gasteiger partial charge in [0, 0.05) is 17.0 Å².